The summed E-state index contributed by atoms with van der Waals surface area (Å²) in [4.78, 5) is 7.59. The van der Waals surface area contributed by atoms with Gasteiger partial charge in [0.15, 0.2) is 0 Å². The Morgan fingerprint density at radius 3 is 3.14 bits per heavy atom. The molecular weight excluding hydrogens is 174 g/mol. The number of hydrogen-bond acceptors (Lipinski definition) is 2. The Bertz CT molecular complexity index is 446. The summed E-state index contributed by atoms with van der Waals surface area (Å²) in [5.74, 6) is 0.834. The van der Waals surface area contributed by atoms with Gasteiger partial charge in [-0.05, 0) is 32.1 Å². The van der Waals surface area contributed by atoms with E-state index in [1.165, 1.54) is 0 Å². The lowest BCUT2D eigenvalue weighted by molar-refractivity contribution is 0.709. The summed E-state index contributed by atoms with van der Waals surface area (Å²) in [5.41, 5.74) is 1.94. The van der Waals surface area contributed by atoms with Gasteiger partial charge in [-0.1, -0.05) is 12.1 Å². The highest BCUT2D eigenvalue weighted by Crippen LogP contribution is 2.10. The van der Waals surface area contributed by atoms with E-state index in [1.54, 1.807) is 7.05 Å². The fraction of sp³-hybridized carbons (Fsp3) is 0.364. The van der Waals surface area contributed by atoms with Crippen LogP contribution in [0.3, 0.4) is 0 Å². The first-order valence-corrected chi connectivity index (χ1v) is 4.73. The molecule has 0 aliphatic carbocycles. The molecule has 3 heteroatoms. The number of nitrogens with zero attached hydrogens (tertiary/aromatic N) is 1. The van der Waals surface area contributed by atoms with Crippen molar-refractivity contribution in [3.05, 3.63) is 30.1 Å². The summed E-state index contributed by atoms with van der Waals surface area (Å²) in [7, 11) is 1.62. The fourth-order valence-electron chi connectivity index (χ4n) is 1.43. The van der Waals surface area contributed by atoms with Crippen molar-refractivity contribution in [2.24, 2.45) is 0 Å². The average Bonchev–Trinajstić information content (AvgIpc) is 2.69. The third kappa shape index (κ3) is 1.93. The first-order chi connectivity index (χ1) is 7.61. The molecule has 2 aromatic rings. The Labute approximate surface area is 86.4 Å². The highest BCUT2D eigenvalue weighted by atomic mass is 14.9. The van der Waals surface area contributed by atoms with Crippen LogP contribution in [-0.2, 0) is 6.42 Å². The van der Waals surface area contributed by atoms with Crippen LogP contribution in [0.15, 0.2) is 24.3 Å². The van der Waals surface area contributed by atoms with Crippen LogP contribution in [0.25, 0.3) is 11.0 Å². The van der Waals surface area contributed by atoms with Crippen molar-refractivity contribution in [1.29, 1.82) is 0 Å². The van der Waals surface area contributed by atoms with Gasteiger partial charge < -0.3 is 10.3 Å². The highest BCUT2D eigenvalue weighted by Gasteiger charge is 2.00. The molecule has 3 nitrogen and oxygen atoms in total. The van der Waals surface area contributed by atoms with Crippen LogP contribution < -0.4 is 5.32 Å². The molecule has 0 aliphatic heterocycles. The first kappa shape index (κ1) is 7.01. The number of hydrogen-bond donors (Lipinski definition) is 2. The number of aryl methyl sites for hydroxylation is 1. The minimum Gasteiger partial charge on any atom is -0.342 e. The number of benzene rings is 1. The van der Waals surface area contributed by atoms with E-state index in [1.807, 2.05) is 24.3 Å². The number of aromatic nitrogens is 2. The van der Waals surface area contributed by atoms with Gasteiger partial charge >= 0.3 is 0 Å². The van der Waals surface area contributed by atoms with E-state index >= 15 is 0 Å². The Morgan fingerprint density at radius 1 is 1.50 bits per heavy atom. The zero-order chi connectivity index (χ0) is 11.6. The maximum absolute atomic E-state index is 7.57. The van der Waals surface area contributed by atoms with Gasteiger partial charge in [0.05, 0.1) is 11.0 Å². The molecule has 0 unspecified atom stereocenters. The summed E-state index contributed by atoms with van der Waals surface area (Å²) in [5, 5.41) is 2.64. The van der Waals surface area contributed by atoms with Gasteiger partial charge in [0.1, 0.15) is 5.82 Å². The van der Waals surface area contributed by atoms with Crippen molar-refractivity contribution in [1.82, 2.24) is 15.3 Å². The standard InChI is InChI=1S/C11H15N3/c1-12-8-4-7-11-13-9-5-2-3-6-10(9)14-11/h2-3,5-6,12H,4,7-8H2,1H3,(H,13,14)/i8D2. The molecule has 2 N–H and O–H groups in total. The van der Waals surface area contributed by atoms with E-state index in [0.29, 0.717) is 12.8 Å². The van der Waals surface area contributed by atoms with Gasteiger partial charge in [-0.2, -0.15) is 0 Å². The lowest BCUT2D eigenvalue weighted by Gasteiger charge is -1.95. The number of aromatic amines is 1. The molecule has 2 rings (SSSR count). The quantitative estimate of drug-likeness (QED) is 0.772. The summed E-state index contributed by atoms with van der Waals surface area (Å²) >= 11 is 0. The van der Waals surface area contributed by atoms with E-state index in [0.717, 1.165) is 16.9 Å². The molecule has 0 radical (unpaired) electrons. The van der Waals surface area contributed by atoms with E-state index in [9.17, 15) is 0 Å². The minimum atomic E-state index is -1.33. The van der Waals surface area contributed by atoms with Crippen molar-refractivity contribution >= 4 is 11.0 Å². The smallest absolute Gasteiger partial charge is 0.107 e. The summed E-state index contributed by atoms with van der Waals surface area (Å²) < 4.78 is 15.1. The first-order valence-electron chi connectivity index (χ1n) is 5.73. The number of nitrogens with one attached hydrogen (secondary N) is 2. The second kappa shape index (κ2) is 4.24. The van der Waals surface area contributed by atoms with Crippen molar-refractivity contribution in [3.63, 3.8) is 0 Å². The van der Waals surface area contributed by atoms with Crippen molar-refractivity contribution < 1.29 is 2.74 Å². The van der Waals surface area contributed by atoms with Crippen molar-refractivity contribution in [2.45, 2.75) is 12.8 Å². The molecule has 0 spiro atoms. The number of imidazole rings is 1. The van der Waals surface area contributed by atoms with Crippen molar-refractivity contribution in [2.75, 3.05) is 13.5 Å². The zero-order valence-electron chi connectivity index (χ0n) is 10.2. The van der Waals surface area contributed by atoms with Gasteiger partial charge in [0.25, 0.3) is 0 Å². The van der Waals surface area contributed by atoms with E-state index in [-0.39, 0.29) is 0 Å². The van der Waals surface area contributed by atoms with Crippen LogP contribution >= 0.6 is 0 Å². The normalized spacial score (nSPS) is 14.1. The Balaban J connectivity index is 2.10. The number of rotatable bonds is 4. The van der Waals surface area contributed by atoms with Gasteiger partial charge in [-0.3, -0.25) is 0 Å². The van der Waals surface area contributed by atoms with E-state index in [4.69, 9.17) is 2.74 Å². The van der Waals surface area contributed by atoms with Crippen LogP contribution in [0.4, 0.5) is 0 Å². The molecule has 0 fully saturated rings. The Morgan fingerprint density at radius 2 is 2.36 bits per heavy atom. The molecule has 0 bridgehead atoms. The predicted molar refractivity (Wildman–Crippen MR) is 58.3 cm³/mol. The molecule has 1 aromatic heterocycles. The summed E-state index contributed by atoms with van der Waals surface area (Å²) in [6.45, 7) is -1.33. The molecule has 14 heavy (non-hydrogen) atoms. The van der Waals surface area contributed by atoms with Crippen LogP contribution in [0.2, 0.25) is 0 Å². The molecule has 0 aliphatic rings. The molecule has 0 saturated carbocycles. The van der Waals surface area contributed by atoms with Gasteiger partial charge in [0, 0.05) is 9.16 Å². The molecule has 1 aromatic carbocycles. The second-order valence-electron chi connectivity index (χ2n) is 3.13. The predicted octanol–water partition coefficient (Wildman–Crippen LogP) is 1.71. The zero-order valence-corrected chi connectivity index (χ0v) is 8.17. The van der Waals surface area contributed by atoms with Crippen LogP contribution in [-0.4, -0.2) is 23.5 Å². The molecular formula is C11H15N3. The number of para-hydroxylation sites is 2. The number of H-pyrrole nitrogens is 1. The second-order valence-corrected chi connectivity index (χ2v) is 3.13. The van der Waals surface area contributed by atoms with Crippen LogP contribution in [0.1, 0.15) is 15.0 Å². The monoisotopic (exact) mass is 191 g/mol. The SMILES string of the molecule is [2H]C([2H])(CCc1nc2ccccc2[nH]1)NC. The Hall–Kier alpha value is -1.35. The molecule has 0 saturated heterocycles. The Kier molecular flexibility index (Phi) is 2.12. The van der Waals surface area contributed by atoms with Gasteiger partial charge in [-0.15, -0.1) is 0 Å². The highest BCUT2D eigenvalue weighted by molar-refractivity contribution is 5.74. The maximum Gasteiger partial charge on any atom is 0.107 e. The van der Waals surface area contributed by atoms with Crippen molar-refractivity contribution in [3.8, 4) is 0 Å². The van der Waals surface area contributed by atoms with Crippen LogP contribution in [0.5, 0.6) is 0 Å². The summed E-state index contributed by atoms with van der Waals surface area (Å²) in [6, 6.07) is 7.82. The van der Waals surface area contributed by atoms with Gasteiger partial charge in [-0.25, -0.2) is 4.98 Å². The minimum absolute atomic E-state index is 0.406. The third-order valence-electron chi connectivity index (χ3n) is 2.10. The molecule has 1 heterocycles. The molecule has 0 amide bonds. The molecule has 74 valence electrons. The lowest BCUT2D eigenvalue weighted by Crippen LogP contribution is -2.08. The number of fused-ring (bicyclic) bond motifs is 1. The van der Waals surface area contributed by atoms with E-state index < -0.39 is 6.50 Å². The third-order valence-corrected chi connectivity index (χ3v) is 2.10. The average molecular weight is 191 g/mol. The summed E-state index contributed by atoms with van der Waals surface area (Å²) in [6.07, 6.45) is 1.01. The fourth-order valence-corrected chi connectivity index (χ4v) is 1.43. The maximum atomic E-state index is 7.57. The largest absolute Gasteiger partial charge is 0.342 e. The topological polar surface area (TPSA) is 40.7 Å². The van der Waals surface area contributed by atoms with Gasteiger partial charge in [0.2, 0.25) is 0 Å². The molecule has 0 atom stereocenters. The lowest BCUT2D eigenvalue weighted by atomic mass is 10.3. The van der Waals surface area contributed by atoms with E-state index in [2.05, 4.69) is 15.3 Å². The van der Waals surface area contributed by atoms with Crippen LogP contribution in [0, 0.1) is 0 Å².